The molecule has 6 nitrogen and oxygen atoms in total. The first-order valence-corrected chi connectivity index (χ1v) is 26.2. The van der Waals surface area contributed by atoms with Crippen LogP contribution in [-0.4, -0.2) is 84.6 Å². The predicted octanol–water partition coefficient (Wildman–Crippen LogP) is 8.77. The number of rotatable bonds is 0. The Kier molecular flexibility index (Phi) is 10.6. The Labute approximate surface area is 363 Å². The van der Waals surface area contributed by atoms with E-state index in [4.69, 9.17) is 0 Å². The molecule has 8 rings (SSSR count). The molecule has 0 atom stereocenters. The van der Waals surface area contributed by atoms with Gasteiger partial charge in [-0.25, -0.2) is 0 Å². The Morgan fingerprint density at radius 1 is 0.265 bits per heavy atom. The van der Waals surface area contributed by atoms with Crippen LogP contribution in [0.3, 0.4) is 0 Å². The van der Waals surface area contributed by atoms with Crippen molar-refractivity contribution in [3.8, 4) is 0 Å². The second-order valence-corrected chi connectivity index (χ2v) is 28.2. The third-order valence-electron chi connectivity index (χ3n) is 11.3. The fourth-order valence-corrected chi connectivity index (χ4v) is 26.8. The van der Waals surface area contributed by atoms with Crippen molar-refractivity contribution < 1.29 is 128 Å². The molecule has 0 amide bonds. The molecule has 4 aliphatic heterocycles. The molecule has 2 N–H and O–H groups in total. The zero-order valence-electron chi connectivity index (χ0n) is 31.7. The molecule has 4 heterocycles. The van der Waals surface area contributed by atoms with Crippen LogP contribution in [0.25, 0.3) is 0 Å². The van der Waals surface area contributed by atoms with Gasteiger partial charge >= 0.3 is 364 Å². The van der Waals surface area contributed by atoms with Gasteiger partial charge in [-0.05, 0) is 0 Å². The van der Waals surface area contributed by atoms with Crippen molar-refractivity contribution in [3.05, 3.63) is 119 Å². The number of alkyl halides is 24. The summed E-state index contributed by atoms with van der Waals surface area (Å²) in [5, 5.41) is 0. The molecule has 0 saturated carbocycles. The number of fused-ring (bicyclic) bond motifs is 8. The average Bonchev–Trinajstić information content (AvgIpc) is 3.80. The Hall–Kier alpha value is -3.92. The molecule has 4 aromatic rings. The van der Waals surface area contributed by atoms with Gasteiger partial charge in [-0.2, -0.15) is 0 Å². The Morgan fingerprint density at radius 2 is 0.397 bits per heavy atom. The summed E-state index contributed by atoms with van der Waals surface area (Å²) in [6, 6.07) is 7.33. The summed E-state index contributed by atoms with van der Waals surface area (Å²) in [4.78, 5) is 0. The molecule has 2 spiro atoms. The minimum atomic E-state index is -8.20. The fraction of sp³-hybridized carbons (Fsp3) is 0.333. The molecule has 0 bridgehead atoms. The molecule has 376 valence electrons. The van der Waals surface area contributed by atoms with E-state index in [9.17, 15) is 114 Å². The monoisotopic (exact) mass is 1150 g/mol. The van der Waals surface area contributed by atoms with Crippen LogP contribution < -0.4 is 17.4 Å². The molecular formula is C36H18As2F24O6. The van der Waals surface area contributed by atoms with Crippen LogP contribution in [0.4, 0.5) is 105 Å². The number of benzene rings is 4. The van der Waals surface area contributed by atoms with Crippen LogP contribution in [0.1, 0.15) is 22.3 Å². The second kappa shape index (κ2) is 13.9. The maximum atomic E-state index is 14.0. The second-order valence-electron chi connectivity index (χ2n) is 15.0. The Balaban J connectivity index is 0.000000201. The summed E-state index contributed by atoms with van der Waals surface area (Å²) in [7, 11) is 0. The topological polar surface area (TPSA) is 77.4 Å². The van der Waals surface area contributed by atoms with E-state index >= 15 is 0 Å². The van der Waals surface area contributed by atoms with Crippen LogP contribution >= 0.6 is 0 Å². The molecule has 0 aliphatic carbocycles. The maximum absolute atomic E-state index is 14.0. The van der Waals surface area contributed by atoms with Crippen LogP contribution in [0.15, 0.2) is 97.1 Å². The standard InChI is InChI=1S/2C18H9AsF12O3/c2*20-15(21,22)13(16(23,24)25)9-5-1-3-7-11(9)19(32,33-13)12-8-4-2-6-10(12)14(34-19,17(26,27)28)18(29,30)31/h2*1-8,32H. The van der Waals surface area contributed by atoms with Crippen molar-refractivity contribution in [2.24, 2.45) is 0 Å². The van der Waals surface area contributed by atoms with Crippen LogP contribution in [0.2, 0.25) is 0 Å². The van der Waals surface area contributed by atoms with E-state index in [2.05, 4.69) is 14.9 Å². The summed E-state index contributed by atoms with van der Waals surface area (Å²) < 4.78 is 370. The van der Waals surface area contributed by atoms with E-state index in [0.717, 1.165) is 24.3 Å². The first-order chi connectivity index (χ1) is 30.4. The van der Waals surface area contributed by atoms with Gasteiger partial charge in [0.1, 0.15) is 0 Å². The quantitative estimate of drug-likeness (QED) is 0.136. The number of hydrogen-bond donors (Lipinski definition) is 2. The van der Waals surface area contributed by atoms with Gasteiger partial charge in [0.25, 0.3) is 0 Å². The van der Waals surface area contributed by atoms with E-state index in [-0.39, 0.29) is 24.3 Å². The average molecular weight is 1150 g/mol. The van der Waals surface area contributed by atoms with Crippen molar-refractivity contribution >= 4 is 44.4 Å². The summed E-state index contributed by atoms with van der Waals surface area (Å²) in [5.74, 6) is 0. The molecule has 0 saturated heterocycles. The third kappa shape index (κ3) is 6.02. The van der Waals surface area contributed by atoms with Crippen LogP contribution in [0.5, 0.6) is 0 Å². The zero-order chi connectivity index (χ0) is 51.7. The van der Waals surface area contributed by atoms with Gasteiger partial charge in [0.05, 0.1) is 0 Å². The van der Waals surface area contributed by atoms with Gasteiger partial charge < -0.3 is 0 Å². The van der Waals surface area contributed by atoms with Gasteiger partial charge in [0, 0.05) is 0 Å². The van der Waals surface area contributed by atoms with Crippen LogP contribution in [-0.2, 0) is 37.3 Å². The molecule has 0 fully saturated rings. The number of halogens is 24. The molecular weight excluding hydrogens is 1130 g/mol. The van der Waals surface area contributed by atoms with Crippen molar-refractivity contribution in [2.45, 2.75) is 71.8 Å². The van der Waals surface area contributed by atoms with E-state index in [0.29, 0.717) is 48.5 Å². The van der Waals surface area contributed by atoms with Gasteiger partial charge in [0.15, 0.2) is 0 Å². The third-order valence-corrected chi connectivity index (χ3v) is 26.8. The van der Waals surface area contributed by atoms with E-state index in [1.165, 1.54) is 0 Å². The first-order valence-electron chi connectivity index (χ1n) is 17.7. The Bertz CT molecular complexity index is 2280. The van der Waals surface area contributed by atoms with Gasteiger partial charge in [-0.15, -0.1) is 0 Å². The van der Waals surface area contributed by atoms with E-state index in [1.54, 1.807) is 0 Å². The Morgan fingerprint density at radius 3 is 0.529 bits per heavy atom. The van der Waals surface area contributed by atoms with Crippen molar-refractivity contribution in [3.63, 3.8) is 0 Å². The van der Waals surface area contributed by atoms with E-state index < -0.39 is 138 Å². The molecule has 4 aromatic carbocycles. The van der Waals surface area contributed by atoms with Gasteiger partial charge in [-0.3, -0.25) is 0 Å². The molecule has 0 unspecified atom stereocenters. The number of hydrogen-bond acceptors (Lipinski definition) is 6. The summed E-state index contributed by atoms with van der Waals surface area (Å²) in [6.07, 6.45) is -51.9. The van der Waals surface area contributed by atoms with Crippen molar-refractivity contribution in [1.82, 2.24) is 0 Å². The summed E-state index contributed by atoms with van der Waals surface area (Å²) in [5.41, 5.74) is -29.6. The molecule has 0 aromatic heterocycles. The first kappa shape index (κ1) is 51.9. The van der Waals surface area contributed by atoms with Gasteiger partial charge in [-0.1, -0.05) is 0 Å². The zero-order valence-corrected chi connectivity index (χ0v) is 35.5. The molecule has 0 radical (unpaired) electrons. The summed E-state index contributed by atoms with van der Waals surface area (Å²) >= 11 is -16.4. The molecule has 4 aliphatic rings. The van der Waals surface area contributed by atoms with Crippen LogP contribution in [0, 0.1) is 0 Å². The predicted molar refractivity (Wildman–Crippen MR) is 180 cm³/mol. The van der Waals surface area contributed by atoms with E-state index in [1.807, 2.05) is 0 Å². The SMILES string of the molecule is O[As]12(OC(C(F)(F)F)(C(F)(F)F)c3ccccc31)OC(C(F)(F)F)(C(F)(F)F)c1ccccc12.O[As]12(OC(C(F)(F)F)(C(F)(F)F)c3ccccc31)OC(C(F)(F)F)(C(F)(F)F)c1ccccc12. The van der Waals surface area contributed by atoms with Crippen molar-refractivity contribution in [1.29, 1.82) is 0 Å². The normalized spacial score (nSPS) is 23.7. The fourth-order valence-electron chi connectivity index (χ4n) is 8.64. The van der Waals surface area contributed by atoms with Gasteiger partial charge in [0.2, 0.25) is 0 Å². The van der Waals surface area contributed by atoms with Crippen molar-refractivity contribution in [2.75, 3.05) is 0 Å². The minimum absolute atomic E-state index is 0.152. The summed E-state index contributed by atoms with van der Waals surface area (Å²) in [6.45, 7) is 0. The molecule has 32 heteroatoms. The molecule has 68 heavy (non-hydrogen) atoms.